The van der Waals surface area contributed by atoms with Crippen molar-refractivity contribution < 1.29 is 0 Å². The molecule has 0 spiro atoms. The molecule has 1 aliphatic carbocycles. The van der Waals surface area contributed by atoms with Crippen LogP contribution >= 0.6 is 11.3 Å². The maximum Gasteiger partial charge on any atom is 0.141 e. The first-order valence-corrected chi connectivity index (χ1v) is 9.54. The van der Waals surface area contributed by atoms with Crippen LogP contribution < -0.4 is 4.90 Å². The molecular weight excluding hydrogens is 290 g/mol. The molecule has 0 fully saturated rings. The van der Waals surface area contributed by atoms with Crippen molar-refractivity contribution in [1.82, 2.24) is 9.97 Å². The molecular formula is C18H27N3S. The van der Waals surface area contributed by atoms with E-state index in [1.807, 2.05) is 11.3 Å². The number of thiophene rings is 1. The molecule has 2 heterocycles. The van der Waals surface area contributed by atoms with Gasteiger partial charge in [0.05, 0.1) is 5.39 Å². The van der Waals surface area contributed by atoms with E-state index in [-0.39, 0.29) is 0 Å². The Hall–Kier alpha value is -1.16. The lowest BCUT2D eigenvalue weighted by Gasteiger charge is -2.22. The van der Waals surface area contributed by atoms with Crippen LogP contribution in [0.15, 0.2) is 0 Å². The fourth-order valence-corrected chi connectivity index (χ4v) is 4.60. The molecule has 0 radical (unpaired) electrons. The van der Waals surface area contributed by atoms with Gasteiger partial charge in [-0.05, 0) is 45.1 Å². The van der Waals surface area contributed by atoms with Crippen LogP contribution in [0, 0.1) is 0 Å². The normalized spacial score (nSPS) is 15.1. The Morgan fingerprint density at radius 3 is 2.45 bits per heavy atom. The van der Waals surface area contributed by atoms with Crippen molar-refractivity contribution in [3.63, 3.8) is 0 Å². The molecule has 0 aliphatic heterocycles. The third-order valence-electron chi connectivity index (χ3n) is 4.64. The highest BCUT2D eigenvalue weighted by Crippen LogP contribution is 2.39. The van der Waals surface area contributed by atoms with Gasteiger partial charge in [0.15, 0.2) is 0 Å². The zero-order chi connectivity index (χ0) is 15.7. The van der Waals surface area contributed by atoms with Gasteiger partial charge in [-0.1, -0.05) is 20.3 Å². The molecule has 0 atom stereocenters. The van der Waals surface area contributed by atoms with Gasteiger partial charge in [0.1, 0.15) is 16.5 Å². The first-order chi connectivity index (χ1) is 10.7. The number of aryl methyl sites for hydroxylation is 2. The third kappa shape index (κ3) is 2.73. The van der Waals surface area contributed by atoms with Crippen LogP contribution in [0.4, 0.5) is 5.82 Å². The minimum absolute atomic E-state index is 0.376. The molecule has 1 aliphatic rings. The molecule has 0 unspecified atom stereocenters. The number of anilines is 1. The summed E-state index contributed by atoms with van der Waals surface area (Å²) in [6.45, 7) is 10.8. The summed E-state index contributed by atoms with van der Waals surface area (Å²) in [5.41, 5.74) is 1.55. The van der Waals surface area contributed by atoms with Gasteiger partial charge in [-0.2, -0.15) is 0 Å². The lowest BCUT2D eigenvalue weighted by atomic mass is 10.1. The third-order valence-corrected chi connectivity index (χ3v) is 5.83. The Balaban J connectivity index is 2.25. The van der Waals surface area contributed by atoms with Gasteiger partial charge >= 0.3 is 0 Å². The van der Waals surface area contributed by atoms with Gasteiger partial charge in [-0.25, -0.2) is 9.97 Å². The van der Waals surface area contributed by atoms with Crippen LogP contribution in [0.1, 0.15) is 69.1 Å². The highest BCUT2D eigenvalue weighted by atomic mass is 32.1. The van der Waals surface area contributed by atoms with E-state index >= 15 is 0 Å². The molecule has 0 saturated heterocycles. The van der Waals surface area contributed by atoms with E-state index in [2.05, 4.69) is 32.6 Å². The highest BCUT2D eigenvalue weighted by molar-refractivity contribution is 7.19. The predicted molar refractivity (Wildman–Crippen MR) is 96.3 cm³/mol. The van der Waals surface area contributed by atoms with E-state index in [9.17, 15) is 0 Å². The monoisotopic (exact) mass is 317 g/mol. The number of hydrogen-bond acceptors (Lipinski definition) is 4. The number of hydrogen-bond donors (Lipinski definition) is 0. The quantitative estimate of drug-likeness (QED) is 0.749. The van der Waals surface area contributed by atoms with Gasteiger partial charge in [-0.15, -0.1) is 11.3 Å². The summed E-state index contributed by atoms with van der Waals surface area (Å²) in [5, 5.41) is 1.36. The van der Waals surface area contributed by atoms with Gasteiger partial charge in [0.25, 0.3) is 0 Å². The minimum atomic E-state index is 0.376. The summed E-state index contributed by atoms with van der Waals surface area (Å²) in [7, 11) is 0. The number of nitrogens with zero attached hydrogens (tertiary/aromatic N) is 3. The van der Waals surface area contributed by atoms with E-state index in [1.165, 1.54) is 48.1 Å². The second kappa shape index (κ2) is 6.53. The van der Waals surface area contributed by atoms with Gasteiger partial charge in [0.2, 0.25) is 0 Å². The summed E-state index contributed by atoms with van der Waals surface area (Å²) in [4.78, 5) is 15.1. The molecule has 0 amide bonds. The molecule has 0 bridgehead atoms. The number of rotatable bonds is 4. The summed E-state index contributed by atoms with van der Waals surface area (Å²) in [6, 6.07) is 0. The molecule has 3 nitrogen and oxygen atoms in total. The second-order valence-electron chi connectivity index (χ2n) is 6.48. The predicted octanol–water partition coefficient (Wildman–Crippen LogP) is 4.93. The van der Waals surface area contributed by atoms with Crippen LogP contribution in [0.5, 0.6) is 0 Å². The van der Waals surface area contributed by atoms with Crippen molar-refractivity contribution in [1.29, 1.82) is 0 Å². The summed E-state index contributed by atoms with van der Waals surface area (Å²) in [6.07, 6.45) is 6.42. The summed E-state index contributed by atoms with van der Waals surface area (Å²) in [5.74, 6) is 2.55. The maximum atomic E-state index is 4.97. The van der Waals surface area contributed by atoms with E-state index in [4.69, 9.17) is 9.97 Å². The summed E-state index contributed by atoms with van der Waals surface area (Å²) >= 11 is 1.92. The fraction of sp³-hybridized carbons (Fsp3) is 0.667. The van der Waals surface area contributed by atoms with Crippen LogP contribution in [0.25, 0.3) is 10.2 Å². The fourth-order valence-electron chi connectivity index (χ4n) is 3.34. The molecule has 0 N–H and O–H groups in total. The average molecular weight is 318 g/mol. The molecule has 0 aromatic carbocycles. The minimum Gasteiger partial charge on any atom is -0.357 e. The van der Waals surface area contributed by atoms with E-state index in [0.717, 1.165) is 18.9 Å². The van der Waals surface area contributed by atoms with E-state index in [1.54, 1.807) is 10.4 Å². The van der Waals surface area contributed by atoms with Gasteiger partial charge in [-0.3, -0.25) is 0 Å². The molecule has 0 saturated carbocycles. The van der Waals surface area contributed by atoms with Gasteiger partial charge < -0.3 is 4.90 Å². The first kappa shape index (κ1) is 15.7. The lowest BCUT2D eigenvalue weighted by Crippen LogP contribution is -2.24. The zero-order valence-corrected chi connectivity index (χ0v) is 15.1. The van der Waals surface area contributed by atoms with Crippen LogP contribution in [-0.2, 0) is 12.8 Å². The van der Waals surface area contributed by atoms with Crippen molar-refractivity contribution in [2.45, 2.75) is 65.7 Å². The molecule has 2 aromatic rings. The van der Waals surface area contributed by atoms with Crippen molar-refractivity contribution in [2.75, 3.05) is 18.0 Å². The average Bonchev–Trinajstić information content (AvgIpc) is 2.70. The standard InChI is InChI=1S/C18H27N3S/c1-5-21(6-2)17-15-13-10-8-7-9-11-14(13)22-18(15)20-16(19-17)12(3)4/h12H,5-11H2,1-4H3. The Bertz CT molecular complexity index is 656. The first-order valence-electron chi connectivity index (χ1n) is 8.72. The Kier molecular flexibility index (Phi) is 4.67. The summed E-state index contributed by atoms with van der Waals surface area (Å²) < 4.78 is 0. The Morgan fingerprint density at radius 2 is 1.77 bits per heavy atom. The Morgan fingerprint density at radius 1 is 1.05 bits per heavy atom. The molecule has 22 heavy (non-hydrogen) atoms. The highest BCUT2D eigenvalue weighted by Gasteiger charge is 2.22. The SMILES string of the molecule is CCN(CC)c1nc(C(C)C)nc2sc3c(c12)CCCCC3. The van der Waals surface area contributed by atoms with Crippen molar-refractivity contribution in [3.05, 3.63) is 16.3 Å². The smallest absolute Gasteiger partial charge is 0.141 e. The topological polar surface area (TPSA) is 29.0 Å². The maximum absolute atomic E-state index is 4.97. The van der Waals surface area contributed by atoms with Crippen LogP contribution in [0.3, 0.4) is 0 Å². The number of fused-ring (bicyclic) bond motifs is 3. The molecule has 120 valence electrons. The van der Waals surface area contributed by atoms with E-state index < -0.39 is 0 Å². The van der Waals surface area contributed by atoms with Crippen LogP contribution in [-0.4, -0.2) is 23.1 Å². The zero-order valence-electron chi connectivity index (χ0n) is 14.3. The largest absolute Gasteiger partial charge is 0.357 e. The Labute approximate surface area is 137 Å². The van der Waals surface area contributed by atoms with Gasteiger partial charge in [0, 0.05) is 23.9 Å². The lowest BCUT2D eigenvalue weighted by molar-refractivity contribution is 0.713. The second-order valence-corrected chi connectivity index (χ2v) is 7.56. The van der Waals surface area contributed by atoms with Crippen molar-refractivity contribution >= 4 is 27.4 Å². The van der Waals surface area contributed by atoms with Crippen LogP contribution in [0.2, 0.25) is 0 Å². The molecule has 4 heteroatoms. The van der Waals surface area contributed by atoms with Crippen molar-refractivity contribution in [3.8, 4) is 0 Å². The molecule has 2 aromatic heterocycles. The van der Waals surface area contributed by atoms with Crippen molar-refractivity contribution in [2.24, 2.45) is 0 Å². The van der Waals surface area contributed by atoms with E-state index in [0.29, 0.717) is 5.92 Å². The number of aromatic nitrogens is 2. The molecule has 3 rings (SSSR count).